The third-order valence-corrected chi connectivity index (χ3v) is 4.18. The molecular weight excluding hydrogens is 212 g/mol. The van der Waals surface area contributed by atoms with Crippen molar-refractivity contribution < 1.29 is 4.74 Å². The zero-order valence-corrected chi connectivity index (χ0v) is 11.8. The highest BCUT2D eigenvalue weighted by Gasteiger charge is 2.36. The molecule has 3 unspecified atom stereocenters. The Kier molecular flexibility index (Phi) is 4.11. The molecule has 2 saturated heterocycles. The summed E-state index contributed by atoms with van der Waals surface area (Å²) in [5.41, 5.74) is -0.0793. The van der Waals surface area contributed by atoms with E-state index in [1.165, 1.54) is 25.9 Å². The molecule has 0 radical (unpaired) electrons. The third-order valence-electron chi connectivity index (χ3n) is 4.18. The molecule has 100 valence electrons. The minimum atomic E-state index is -0.0793. The zero-order valence-electron chi connectivity index (χ0n) is 11.8. The van der Waals surface area contributed by atoms with Gasteiger partial charge >= 0.3 is 0 Å². The van der Waals surface area contributed by atoms with Crippen molar-refractivity contribution >= 4 is 0 Å². The quantitative estimate of drug-likeness (QED) is 0.818. The van der Waals surface area contributed by atoms with Gasteiger partial charge in [0.2, 0.25) is 0 Å². The molecule has 2 heterocycles. The summed E-state index contributed by atoms with van der Waals surface area (Å²) in [6, 6.07) is 0.682. The van der Waals surface area contributed by atoms with Crippen molar-refractivity contribution in [2.24, 2.45) is 5.92 Å². The van der Waals surface area contributed by atoms with Gasteiger partial charge in [-0.15, -0.1) is 0 Å². The lowest BCUT2D eigenvalue weighted by Crippen LogP contribution is -2.45. The Morgan fingerprint density at radius 3 is 2.82 bits per heavy atom. The van der Waals surface area contributed by atoms with Gasteiger partial charge in [-0.2, -0.15) is 0 Å². The van der Waals surface area contributed by atoms with Gasteiger partial charge < -0.3 is 9.64 Å². The SMILES string of the molecule is CC1CNC(C)(CC2CCCN(C(C)C)C2)O1. The van der Waals surface area contributed by atoms with Crippen molar-refractivity contribution in [1.29, 1.82) is 0 Å². The average molecular weight is 240 g/mol. The molecule has 0 aromatic rings. The number of rotatable bonds is 3. The van der Waals surface area contributed by atoms with Gasteiger partial charge in [0.25, 0.3) is 0 Å². The first-order valence-electron chi connectivity index (χ1n) is 7.15. The number of likely N-dealkylation sites (tertiary alicyclic amines) is 1. The molecule has 0 amide bonds. The number of hydrogen-bond acceptors (Lipinski definition) is 3. The molecule has 2 rings (SSSR count). The predicted octanol–water partition coefficient (Wildman–Crippen LogP) is 2.22. The molecule has 0 aromatic heterocycles. The molecule has 2 aliphatic heterocycles. The number of piperidine rings is 1. The summed E-state index contributed by atoms with van der Waals surface area (Å²) in [4.78, 5) is 2.61. The highest BCUT2D eigenvalue weighted by molar-refractivity contribution is 4.87. The fourth-order valence-electron chi connectivity index (χ4n) is 3.29. The van der Waals surface area contributed by atoms with Crippen molar-refractivity contribution in [3.63, 3.8) is 0 Å². The Bertz CT molecular complexity index is 257. The fraction of sp³-hybridized carbons (Fsp3) is 1.00. The summed E-state index contributed by atoms with van der Waals surface area (Å²) in [5, 5.41) is 3.53. The van der Waals surface area contributed by atoms with Crippen LogP contribution in [0.3, 0.4) is 0 Å². The Morgan fingerprint density at radius 2 is 2.24 bits per heavy atom. The normalized spacial score (nSPS) is 40.1. The van der Waals surface area contributed by atoms with Crippen LogP contribution in [-0.2, 0) is 4.74 Å². The van der Waals surface area contributed by atoms with Gasteiger partial charge in [-0.3, -0.25) is 5.32 Å². The number of nitrogens with zero attached hydrogens (tertiary/aromatic N) is 1. The summed E-state index contributed by atoms with van der Waals surface area (Å²) < 4.78 is 6.02. The van der Waals surface area contributed by atoms with Crippen molar-refractivity contribution in [1.82, 2.24) is 10.2 Å². The van der Waals surface area contributed by atoms with Crippen LogP contribution in [0.2, 0.25) is 0 Å². The minimum absolute atomic E-state index is 0.0793. The lowest BCUT2D eigenvalue weighted by atomic mass is 9.89. The van der Waals surface area contributed by atoms with Crippen LogP contribution in [-0.4, -0.2) is 42.4 Å². The maximum atomic E-state index is 6.02. The smallest absolute Gasteiger partial charge is 0.117 e. The first-order valence-corrected chi connectivity index (χ1v) is 7.15. The van der Waals surface area contributed by atoms with E-state index < -0.39 is 0 Å². The van der Waals surface area contributed by atoms with E-state index >= 15 is 0 Å². The van der Waals surface area contributed by atoms with Gasteiger partial charge in [0, 0.05) is 19.1 Å². The topological polar surface area (TPSA) is 24.5 Å². The van der Waals surface area contributed by atoms with E-state index in [9.17, 15) is 0 Å². The van der Waals surface area contributed by atoms with E-state index in [-0.39, 0.29) is 5.72 Å². The van der Waals surface area contributed by atoms with E-state index in [1.54, 1.807) is 0 Å². The lowest BCUT2D eigenvalue weighted by molar-refractivity contribution is -0.0532. The van der Waals surface area contributed by atoms with Gasteiger partial charge in [-0.25, -0.2) is 0 Å². The third kappa shape index (κ3) is 3.43. The Morgan fingerprint density at radius 1 is 1.47 bits per heavy atom. The van der Waals surface area contributed by atoms with Crippen LogP contribution in [0.4, 0.5) is 0 Å². The number of hydrogen-bond donors (Lipinski definition) is 1. The molecule has 0 saturated carbocycles. The standard InChI is InChI=1S/C14H28N2O/c1-11(2)16-7-5-6-13(10-16)8-14(4)15-9-12(3)17-14/h11-13,15H,5-10H2,1-4H3. The largest absolute Gasteiger partial charge is 0.357 e. The van der Waals surface area contributed by atoms with E-state index in [4.69, 9.17) is 4.74 Å². The Hall–Kier alpha value is -0.120. The minimum Gasteiger partial charge on any atom is -0.357 e. The van der Waals surface area contributed by atoms with Crippen LogP contribution < -0.4 is 5.32 Å². The number of ether oxygens (including phenoxy) is 1. The van der Waals surface area contributed by atoms with Crippen LogP contribution in [0.1, 0.15) is 47.0 Å². The van der Waals surface area contributed by atoms with Crippen molar-refractivity contribution in [2.45, 2.75) is 64.8 Å². The van der Waals surface area contributed by atoms with Crippen LogP contribution in [0, 0.1) is 5.92 Å². The molecule has 3 nitrogen and oxygen atoms in total. The highest BCUT2D eigenvalue weighted by Crippen LogP contribution is 2.30. The monoisotopic (exact) mass is 240 g/mol. The lowest BCUT2D eigenvalue weighted by Gasteiger charge is -2.38. The number of nitrogens with one attached hydrogen (secondary N) is 1. The summed E-state index contributed by atoms with van der Waals surface area (Å²) >= 11 is 0. The average Bonchev–Trinajstić information content (AvgIpc) is 2.58. The van der Waals surface area contributed by atoms with Crippen molar-refractivity contribution in [3.8, 4) is 0 Å². The van der Waals surface area contributed by atoms with E-state index in [0.29, 0.717) is 12.1 Å². The summed E-state index contributed by atoms with van der Waals surface area (Å²) in [6.45, 7) is 12.5. The van der Waals surface area contributed by atoms with Gasteiger partial charge in [0.05, 0.1) is 6.10 Å². The van der Waals surface area contributed by atoms with Crippen molar-refractivity contribution in [3.05, 3.63) is 0 Å². The first-order chi connectivity index (χ1) is 7.98. The van der Waals surface area contributed by atoms with Crippen molar-refractivity contribution in [2.75, 3.05) is 19.6 Å². The summed E-state index contributed by atoms with van der Waals surface area (Å²) in [7, 11) is 0. The van der Waals surface area contributed by atoms with Gasteiger partial charge in [0.1, 0.15) is 5.72 Å². The Balaban J connectivity index is 1.86. The second kappa shape index (κ2) is 5.25. The summed E-state index contributed by atoms with van der Waals surface area (Å²) in [6.07, 6.45) is 4.22. The second-order valence-corrected chi connectivity index (χ2v) is 6.34. The molecule has 1 N–H and O–H groups in total. The van der Waals surface area contributed by atoms with Crippen LogP contribution in [0.5, 0.6) is 0 Å². The molecular formula is C14H28N2O. The molecule has 17 heavy (non-hydrogen) atoms. The maximum absolute atomic E-state index is 6.02. The predicted molar refractivity (Wildman–Crippen MR) is 71.0 cm³/mol. The van der Waals surface area contributed by atoms with Crippen LogP contribution in [0.25, 0.3) is 0 Å². The van der Waals surface area contributed by atoms with E-state index in [2.05, 4.69) is 37.9 Å². The van der Waals surface area contributed by atoms with Gasteiger partial charge in [-0.1, -0.05) is 0 Å². The van der Waals surface area contributed by atoms with Gasteiger partial charge in [0.15, 0.2) is 0 Å². The Labute approximate surface area is 106 Å². The molecule has 2 fully saturated rings. The highest BCUT2D eigenvalue weighted by atomic mass is 16.5. The first kappa shape index (κ1) is 13.3. The van der Waals surface area contributed by atoms with Crippen LogP contribution >= 0.6 is 0 Å². The molecule has 2 aliphatic rings. The maximum Gasteiger partial charge on any atom is 0.117 e. The molecule has 0 bridgehead atoms. The zero-order chi connectivity index (χ0) is 12.5. The molecule has 0 aliphatic carbocycles. The molecule has 3 heteroatoms. The molecule has 0 aromatic carbocycles. The van der Waals surface area contributed by atoms with E-state index in [0.717, 1.165) is 18.9 Å². The van der Waals surface area contributed by atoms with Gasteiger partial charge in [-0.05, 0) is 59.4 Å². The van der Waals surface area contributed by atoms with Crippen LogP contribution in [0.15, 0.2) is 0 Å². The molecule has 0 spiro atoms. The summed E-state index contributed by atoms with van der Waals surface area (Å²) in [5.74, 6) is 0.786. The second-order valence-electron chi connectivity index (χ2n) is 6.34. The fourth-order valence-corrected chi connectivity index (χ4v) is 3.29. The molecule has 3 atom stereocenters. The van der Waals surface area contributed by atoms with E-state index in [1.807, 2.05) is 0 Å².